The third kappa shape index (κ3) is 15.7. The average molecular weight is 798 g/mol. The fourth-order valence-corrected chi connectivity index (χ4v) is 7.68. The fraction of sp³-hybridized carbons (Fsp3) is 0.727. The number of nitrogens with one attached hydrogen (secondary N) is 4. The predicted octanol–water partition coefficient (Wildman–Crippen LogP) is 5.57. The van der Waals surface area contributed by atoms with Gasteiger partial charge in [0.25, 0.3) is 5.91 Å². The van der Waals surface area contributed by atoms with Gasteiger partial charge in [0.15, 0.2) is 0 Å². The second-order valence-electron chi connectivity index (χ2n) is 19.1. The number of nitrogens with zero attached hydrogens (tertiary/aromatic N) is 1. The lowest BCUT2D eigenvalue weighted by Gasteiger charge is -2.42. The summed E-state index contributed by atoms with van der Waals surface area (Å²) in [5, 5.41) is 21.9. The van der Waals surface area contributed by atoms with Crippen molar-refractivity contribution in [3.05, 3.63) is 35.9 Å². The second kappa shape index (κ2) is 20.6. The maximum absolute atomic E-state index is 14.8. The Morgan fingerprint density at radius 1 is 0.877 bits per heavy atom. The Labute approximate surface area is 340 Å². The summed E-state index contributed by atoms with van der Waals surface area (Å²) in [6, 6.07) is 4.33. The molecule has 0 aromatic heterocycles. The predicted molar refractivity (Wildman–Crippen MR) is 220 cm³/mol. The Hall–Kier alpha value is -4.00. The quantitative estimate of drug-likeness (QED) is 0.113. The van der Waals surface area contributed by atoms with Crippen molar-refractivity contribution in [1.29, 1.82) is 0 Å². The number of esters is 1. The van der Waals surface area contributed by atoms with Crippen LogP contribution >= 0.6 is 0 Å². The first kappa shape index (κ1) is 47.4. The molecular formula is C44H71N5O8. The number of carbonyl (C=O) groups is 6. The number of aliphatic hydroxyl groups is 1. The maximum Gasteiger partial charge on any atom is 0.328 e. The Bertz CT molecular complexity index is 1520. The van der Waals surface area contributed by atoms with Crippen LogP contribution in [-0.2, 0) is 35.3 Å². The van der Waals surface area contributed by atoms with Crippen LogP contribution < -0.4 is 21.3 Å². The van der Waals surface area contributed by atoms with Crippen molar-refractivity contribution in [2.75, 3.05) is 6.54 Å². The van der Waals surface area contributed by atoms with Crippen LogP contribution in [-0.4, -0.2) is 87.4 Å². The summed E-state index contributed by atoms with van der Waals surface area (Å²) in [5.41, 5.74) is -1.73. The van der Waals surface area contributed by atoms with Gasteiger partial charge in [-0.1, -0.05) is 90.1 Å². The van der Waals surface area contributed by atoms with E-state index < -0.39 is 82.2 Å². The van der Waals surface area contributed by atoms with Crippen molar-refractivity contribution in [1.82, 2.24) is 26.2 Å². The first-order chi connectivity index (χ1) is 26.5. The molecule has 0 spiro atoms. The van der Waals surface area contributed by atoms with Crippen molar-refractivity contribution in [3.63, 3.8) is 0 Å². The zero-order valence-corrected chi connectivity index (χ0v) is 36.2. The van der Waals surface area contributed by atoms with Crippen molar-refractivity contribution in [2.24, 2.45) is 23.2 Å². The van der Waals surface area contributed by atoms with Crippen LogP contribution in [0.1, 0.15) is 139 Å². The van der Waals surface area contributed by atoms with Crippen molar-refractivity contribution >= 4 is 35.5 Å². The third-order valence-corrected chi connectivity index (χ3v) is 10.6. The molecular weight excluding hydrogens is 727 g/mol. The van der Waals surface area contributed by atoms with Gasteiger partial charge in [0.2, 0.25) is 17.6 Å². The molecule has 5 atom stereocenters. The molecule has 1 saturated heterocycles. The molecule has 5 amide bonds. The highest BCUT2D eigenvalue weighted by atomic mass is 16.6. The summed E-state index contributed by atoms with van der Waals surface area (Å²) in [6.07, 6.45) is 6.75. The van der Waals surface area contributed by atoms with Gasteiger partial charge in [-0.15, -0.1) is 0 Å². The highest BCUT2D eigenvalue weighted by Gasteiger charge is 2.50. The molecule has 3 aliphatic rings. The van der Waals surface area contributed by atoms with Gasteiger partial charge in [0.1, 0.15) is 23.7 Å². The van der Waals surface area contributed by atoms with E-state index in [1.165, 1.54) is 11.8 Å². The van der Waals surface area contributed by atoms with Crippen LogP contribution in [0.15, 0.2) is 30.3 Å². The molecule has 3 fully saturated rings. The van der Waals surface area contributed by atoms with E-state index in [9.17, 15) is 33.9 Å². The number of urea groups is 1. The van der Waals surface area contributed by atoms with Gasteiger partial charge in [-0.25, -0.2) is 9.59 Å². The van der Waals surface area contributed by atoms with Crippen molar-refractivity contribution < 1.29 is 38.6 Å². The summed E-state index contributed by atoms with van der Waals surface area (Å²) >= 11 is 0. The maximum atomic E-state index is 14.8. The molecule has 5 unspecified atom stereocenters. The van der Waals surface area contributed by atoms with Crippen LogP contribution in [0.5, 0.6) is 0 Å². The molecule has 5 N–H and O–H groups in total. The molecule has 1 aliphatic heterocycles. The largest absolute Gasteiger partial charge is 0.458 e. The highest BCUT2D eigenvalue weighted by Crippen LogP contribution is 2.41. The van der Waals surface area contributed by atoms with Gasteiger partial charge in [0.05, 0.1) is 11.6 Å². The van der Waals surface area contributed by atoms with E-state index in [0.29, 0.717) is 25.7 Å². The molecule has 4 rings (SSSR count). The molecule has 13 heteroatoms. The Balaban J connectivity index is 0.00000207. The van der Waals surface area contributed by atoms with E-state index in [-0.39, 0.29) is 25.4 Å². The van der Waals surface area contributed by atoms with Gasteiger partial charge in [-0.05, 0) is 102 Å². The SMILES string of the molecule is CC(C)C.CC(NC(=O)NC(C(=O)N1CCC(CC(C)(C)O)C1C(=O)NC(CC1CC1)C(=O)C(=O)NCc1ccccc1)C1(C)CCCCC1)C(=O)OC(C)(C)C. The topological polar surface area (TPSA) is 183 Å². The lowest BCUT2D eigenvalue weighted by Crippen LogP contribution is -2.62. The molecule has 320 valence electrons. The molecule has 1 aromatic carbocycles. The standard InChI is InChI=1S/C40H61N5O8.C4H10/c1-25(36(50)53-38(2,3)4)42-37(51)44-32(40(7)19-12-9-13-20-40)35(49)45-21-18-28(23-39(5,6)52)30(45)33(47)43-29(22-26-16-17-26)31(46)34(48)41-24-27-14-10-8-11-15-27;1-4(2)3/h8,10-11,14-15,25-26,28-30,32,52H,9,12-13,16-24H2,1-7H3,(H,41,48)(H,43,47)(H2,42,44,51);4H,1-3H3. The van der Waals surface area contributed by atoms with E-state index in [2.05, 4.69) is 42.0 Å². The summed E-state index contributed by atoms with van der Waals surface area (Å²) in [5.74, 6) is -2.61. The van der Waals surface area contributed by atoms with Crippen LogP contribution in [0.4, 0.5) is 4.79 Å². The molecule has 0 radical (unpaired) electrons. The molecule has 57 heavy (non-hydrogen) atoms. The second-order valence-corrected chi connectivity index (χ2v) is 19.1. The van der Waals surface area contributed by atoms with Gasteiger partial charge in [0, 0.05) is 13.1 Å². The number of hydrogen-bond acceptors (Lipinski definition) is 8. The van der Waals surface area contributed by atoms with E-state index in [0.717, 1.165) is 43.6 Å². The molecule has 0 bridgehead atoms. The minimum atomic E-state index is -1.16. The molecule has 1 aromatic rings. The Kier molecular flexibility index (Phi) is 17.1. The first-order valence-electron chi connectivity index (χ1n) is 21.0. The molecule has 2 aliphatic carbocycles. The average Bonchev–Trinajstić information content (AvgIpc) is 3.84. The van der Waals surface area contributed by atoms with Crippen LogP contribution in [0, 0.1) is 23.2 Å². The summed E-state index contributed by atoms with van der Waals surface area (Å²) in [6.45, 7) is 18.8. The number of ether oxygens (including phenoxy) is 1. The number of hydrogen-bond donors (Lipinski definition) is 5. The zero-order chi connectivity index (χ0) is 42.7. The summed E-state index contributed by atoms with van der Waals surface area (Å²) < 4.78 is 5.42. The number of benzene rings is 1. The molecule has 2 saturated carbocycles. The van der Waals surface area contributed by atoms with E-state index in [1.807, 2.05) is 37.3 Å². The zero-order valence-electron chi connectivity index (χ0n) is 36.2. The third-order valence-electron chi connectivity index (χ3n) is 10.6. The van der Waals surface area contributed by atoms with Crippen LogP contribution in [0.25, 0.3) is 0 Å². The van der Waals surface area contributed by atoms with E-state index >= 15 is 0 Å². The number of rotatable bonds is 15. The van der Waals surface area contributed by atoms with E-state index in [1.54, 1.807) is 34.6 Å². The Morgan fingerprint density at radius 2 is 1.47 bits per heavy atom. The normalized spacial score (nSPS) is 20.9. The molecule has 1 heterocycles. The fourth-order valence-electron chi connectivity index (χ4n) is 7.68. The van der Waals surface area contributed by atoms with Gasteiger partial charge in [-0.2, -0.15) is 0 Å². The van der Waals surface area contributed by atoms with Gasteiger partial charge >= 0.3 is 12.0 Å². The van der Waals surface area contributed by atoms with Gasteiger partial charge in [-0.3, -0.25) is 19.2 Å². The first-order valence-corrected chi connectivity index (χ1v) is 21.0. The van der Waals surface area contributed by atoms with Crippen LogP contribution in [0.3, 0.4) is 0 Å². The van der Waals surface area contributed by atoms with Crippen LogP contribution in [0.2, 0.25) is 0 Å². The minimum Gasteiger partial charge on any atom is -0.458 e. The number of carbonyl (C=O) groups excluding carboxylic acids is 6. The number of ketones is 1. The Morgan fingerprint density at radius 3 is 2.02 bits per heavy atom. The summed E-state index contributed by atoms with van der Waals surface area (Å²) in [4.78, 5) is 83.4. The lowest BCUT2D eigenvalue weighted by atomic mass is 9.70. The number of likely N-dealkylation sites (tertiary alicyclic amines) is 1. The lowest BCUT2D eigenvalue weighted by molar-refractivity contribution is -0.156. The smallest absolute Gasteiger partial charge is 0.328 e. The van der Waals surface area contributed by atoms with E-state index in [4.69, 9.17) is 4.74 Å². The summed E-state index contributed by atoms with van der Waals surface area (Å²) in [7, 11) is 0. The monoisotopic (exact) mass is 798 g/mol. The van der Waals surface area contributed by atoms with Crippen molar-refractivity contribution in [2.45, 2.75) is 175 Å². The minimum absolute atomic E-state index is 0.158. The number of amides is 5. The molecule has 13 nitrogen and oxygen atoms in total. The number of Topliss-reactive ketones (excluding diaryl/α,β-unsaturated/α-hetero) is 1. The van der Waals surface area contributed by atoms with Crippen molar-refractivity contribution in [3.8, 4) is 0 Å². The van der Waals surface area contributed by atoms with Gasteiger partial charge < -0.3 is 36.0 Å². The highest BCUT2D eigenvalue weighted by molar-refractivity contribution is 6.38.